The third-order valence-corrected chi connectivity index (χ3v) is 3.12. The number of hydrogen-bond donors (Lipinski definition) is 0. The Labute approximate surface area is 132 Å². The number of benzene rings is 2. The number of methoxy groups -OCH3 is 2. The monoisotopic (exact) mass is 318 g/mol. The van der Waals surface area contributed by atoms with Gasteiger partial charge in [0.15, 0.2) is 6.61 Å². The van der Waals surface area contributed by atoms with Crippen LogP contribution in [0.3, 0.4) is 0 Å². The molecule has 2 rings (SSSR count). The lowest BCUT2D eigenvalue weighted by Crippen LogP contribution is -2.15. The molecule has 0 aliphatic carbocycles. The zero-order valence-electron chi connectivity index (χ0n) is 12.7. The molecule has 0 heterocycles. The number of hydrogen-bond acceptors (Lipinski definition) is 5. The quantitative estimate of drug-likeness (QED) is 0.605. The fourth-order valence-electron chi connectivity index (χ4n) is 1.92. The predicted molar refractivity (Wildman–Crippen MR) is 80.6 cm³/mol. The van der Waals surface area contributed by atoms with Gasteiger partial charge in [0.2, 0.25) is 5.78 Å². The fraction of sp³-hybridized carbons (Fsp3) is 0.176. The van der Waals surface area contributed by atoms with Crippen molar-refractivity contribution in [2.24, 2.45) is 0 Å². The predicted octanol–water partition coefficient (Wildman–Crippen LogP) is 2.88. The fourth-order valence-corrected chi connectivity index (χ4v) is 1.92. The third-order valence-electron chi connectivity index (χ3n) is 3.12. The first-order chi connectivity index (χ1) is 11.0. The Kier molecular flexibility index (Phi) is 5.30. The maximum absolute atomic E-state index is 13.3. The van der Waals surface area contributed by atoms with Gasteiger partial charge >= 0.3 is 5.97 Å². The number of halogens is 1. The van der Waals surface area contributed by atoms with Crippen LogP contribution >= 0.6 is 0 Å². The molecule has 2 aromatic carbocycles. The highest BCUT2D eigenvalue weighted by Gasteiger charge is 2.16. The highest BCUT2D eigenvalue weighted by molar-refractivity contribution is 6.01. The Morgan fingerprint density at radius 1 is 1.00 bits per heavy atom. The summed E-state index contributed by atoms with van der Waals surface area (Å²) in [6, 6.07) is 9.82. The van der Waals surface area contributed by atoms with Gasteiger partial charge in [-0.25, -0.2) is 9.18 Å². The number of ether oxygens (including phenoxy) is 3. The van der Waals surface area contributed by atoms with Crippen LogP contribution in [0.2, 0.25) is 0 Å². The summed E-state index contributed by atoms with van der Waals surface area (Å²) < 4.78 is 28.2. The molecule has 0 aromatic heterocycles. The average molecular weight is 318 g/mol. The Bertz CT molecular complexity index is 709. The van der Waals surface area contributed by atoms with Crippen molar-refractivity contribution in [3.63, 3.8) is 0 Å². The zero-order valence-corrected chi connectivity index (χ0v) is 12.7. The van der Waals surface area contributed by atoms with Crippen molar-refractivity contribution in [2.45, 2.75) is 0 Å². The number of carbonyl (C=O) groups excluding carboxylic acids is 2. The van der Waals surface area contributed by atoms with Crippen molar-refractivity contribution in [1.82, 2.24) is 0 Å². The van der Waals surface area contributed by atoms with Crippen molar-refractivity contribution in [3.05, 3.63) is 59.4 Å². The molecule has 0 unspecified atom stereocenters. The lowest BCUT2D eigenvalue weighted by Gasteiger charge is -2.08. The van der Waals surface area contributed by atoms with E-state index in [0.29, 0.717) is 5.75 Å². The van der Waals surface area contributed by atoms with E-state index in [-0.39, 0.29) is 16.9 Å². The summed E-state index contributed by atoms with van der Waals surface area (Å²) in [4.78, 5) is 23.9. The van der Waals surface area contributed by atoms with E-state index in [1.165, 1.54) is 38.5 Å². The normalized spacial score (nSPS) is 10.0. The number of esters is 1. The van der Waals surface area contributed by atoms with Crippen LogP contribution in [0.5, 0.6) is 11.5 Å². The van der Waals surface area contributed by atoms with Crippen molar-refractivity contribution in [2.75, 3.05) is 20.8 Å². The summed E-state index contributed by atoms with van der Waals surface area (Å²) in [7, 11) is 2.88. The van der Waals surface area contributed by atoms with E-state index >= 15 is 0 Å². The van der Waals surface area contributed by atoms with E-state index in [1.807, 2.05) is 0 Å². The van der Waals surface area contributed by atoms with Gasteiger partial charge in [0.05, 0.1) is 25.3 Å². The molecule has 0 fully saturated rings. The Morgan fingerprint density at radius 2 is 1.70 bits per heavy atom. The van der Waals surface area contributed by atoms with Crippen molar-refractivity contribution >= 4 is 11.8 Å². The summed E-state index contributed by atoms with van der Waals surface area (Å²) in [5, 5.41) is 0. The molecule has 0 saturated heterocycles. The van der Waals surface area contributed by atoms with Crippen LogP contribution in [-0.2, 0) is 4.74 Å². The molecule has 5 nitrogen and oxygen atoms in total. The molecule has 0 bridgehead atoms. The first-order valence-electron chi connectivity index (χ1n) is 6.73. The van der Waals surface area contributed by atoms with Gasteiger partial charge in [-0.05, 0) is 42.5 Å². The van der Waals surface area contributed by atoms with Gasteiger partial charge in [-0.1, -0.05) is 0 Å². The van der Waals surface area contributed by atoms with Crippen molar-refractivity contribution in [3.8, 4) is 11.5 Å². The summed E-state index contributed by atoms with van der Waals surface area (Å²) >= 11 is 0. The first-order valence-corrected chi connectivity index (χ1v) is 6.73. The molecule has 0 spiro atoms. The Hall–Kier alpha value is -2.89. The average Bonchev–Trinajstić information content (AvgIpc) is 2.59. The van der Waals surface area contributed by atoms with Gasteiger partial charge < -0.3 is 14.2 Å². The van der Waals surface area contributed by atoms with Gasteiger partial charge in [-0.3, -0.25) is 4.79 Å². The van der Waals surface area contributed by atoms with Crippen LogP contribution in [0, 0.1) is 5.82 Å². The van der Waals surface area contributed by atoms with E-state index in [1.54, 1.807) is 12.1 Å². The van der Waals surface area contributed by atoms with Gasteiger partial charge in [-0.2, -0.15) is 0 Å². The second-order valence-corrected chi connectivity index (χ2v) is 4.57. The largest absolute Gasteiger partial charge is 0.497 e. The van der Waals surface area contributed by atoms with Crippen LogP contribution in [0.1, 0.15) is 20.7 Å². The van der Waals surface area contributed by atoms with Gasteiger partial charge in [0.25, 0.3) is 0 Å². The molecule has 23 heavy (non-hydrogen) atoms. The number of rotatable bonds is 6. The molecule has 0 saturated carbocycles. The summed E-state index contributed by atoms with van der Waals surface area (Å²) in [6.45, 7) is -0.509. The molecule has 0 radical (unpaired) electrons. The second-order valence-electron chi connectivity index (χ2n) is 4.57. The molecule has 120 valence electrons. The molecular weight excluding hydrogens is 303 g/mol. The van der Waals surface area contributed by atoms with E-state index in [4.69, 9.17) is 14.2 Å². The van der Waals surface area contributed by atoms with Crippen LogP contribution < -0.4 is 9.47 Å². The van der Waals surface area contributed by atoms with Gasteiger partial charge in [0.1, 0.15) is 17.3 Å². The minimum atomic E-state index is -0.656. The minimum absolute atomic E-state index is 0.0232. The van der Waals surface area contributed by atoms with E-state index < -0.39 is 24.2 Å². The topological polar surface area (TPSA) is 61.8 Å². The lowest BCUT2D eigenvalue weighted by molar-refractivity contribution is 0.0474. The summed E-state index contributed by atoms with van der Waals surface area (Å²) in [6.07, 6.45) is 0. The molecule has 0 aliphatic heterocycles. The molecule has 0 N–H and O–H groups in total. The SMILES string of the molecule is COc1ccc(C(=O)OCC(=O)c2cc(F)ccc2OC)cc1. The van der Waals surface area contributed by atoms with E-state index in [9.17, 15) is 14.0 Å². The molecule has 6 heteroatoms. The number of ketones is 1. The smallest absolute Gasteiger partial charge is 0.338 e. The van der Waals surface area contributed by atoms with E-state index in [0.717, 1.165) is 6.07 Å². The highest BCUT2D eigenvalue weighted by atomic mass is 19.1. The maximum Gasteiger partial charge on any atom is 0.338 e. The van der Waals surface area contributed by atoms with Crippen LogP contribution in [-0.4, -0.2) is 32.6 Å². The number of carbonyl (C=O) groups is 2. The molecular formula is C17H15FO5. The van der Waals surface area contributed by atoms with Gasteiger partial charge in [-0.15, -0.1) is 0 Å². The van der Waals surface area contributed by atoms with Crippen LogP contribution in [0.4, 0.5) is 4.39 Å². The Balaban J connectivity index is 2.03. The molecule has 0 atom stereocenters. The maximum atomic E-state index is 13.3. The Morgan fingerprint density at radius 3 is 2.30 bits per heavy atom. The second kappa shape index (κ2) is 7.40. The van der Waals surface area contributed by atoms with Crippen LogP contribution in [0.25, 0.3) is 0 Å². The zero-order chi connectivity index (χ0) is 16.8. The van der Waals surface area contributed by atoms with Gasteiger partial charge in [0, 0.05) is 0 Å². The van der Waals surface area contributed by atoms with Crippen molar-refractivity contribution in [1.29, 1.82) is 0 Å². The van der Waals surface area contributed by atoms with Crippen molar-refractivity contribution < 1.29 is 28.2 Å². The summed E-state index contributed by atoms with van der Waals surface area (Å²) in [5.41, 5.74) is 0.305. The molecule has 0 amide bonds. The highest BCUT2D eigenvalue weighted by Crippen LogP contribution is 2.20. The summed E-state index contributed by atoms with van der Waals surface area (Å²) in [5.74, 6) is -0.964. The van der Waals surface area contributed by atoms with Crippen LogP contribution in [0.15, 0.2) is 42.5 Å². The number of Topliss-reactive ketones (excluding diaryl/α,β-unsaturated/α-hetero) is 1. The molecule has 0 aliphatic rings. The molecule has 2 aromatic rings. The lowest BCUT2D eigenvalue weighted by atomic mass is 10.1. The first kappa shape index (κ1) is 16.5. The minimum Gasteiger partial charge on any atom is -0.497 e. The van der Waals surface area contributed by atoms with E-state index in [2.05, 4.69) is 0 Å². The standard InChI is InChI=1S/C17H15FO5/c1-21-13-6-3-11(4-7-13)17(20)23-10-15(19)14-9-12(18)5-8-16(14)22-2/h3-9H,10H2,1-2H3. The third kappa shape index (κ3) is 4.06.